The molecule has 0 unspecified atom stereocenters. The molecular formula is C13H18N2O2S2. The molecule has 0 bridgehead atoms. The molecule has 19 heavy (non-hydrogen) atoms. The number of hydrogen-bond donors (Lipinski definition) is 1. The molecule has 1 aromatic heterocycles. The Hall–Kier alpha value is -1.01. The fourth-order valence-corrected chi connectivity index (χ4v) is 3.57. The minimum absolute atomic E-state index is 0.0502. The highest BCUT2D eigenvalue weighted by Gasteiger charge is 2.38. The summed E-state index contributed by atoms with van der Waals surface area (Å²) >= 11 is 6.85. The van der Waals surface area contributed by atoms with Crippen molar-refractivity contribution < 1.29 is 9.21 Å². The molecule has 0 spiro atoms. The zero-order valence-electron chi connectivity index (χ0n) is 11.1. The van der Waals surface area contributed by atoms with Crippen LogP contribution < -0.4 is 5.73 Å². The Morgan fingerprint density at radius 3 is 2.53 bits per heavy atom. The quantitative estimate of drug-likeness (QED) is 0.867. The van der Waals surface area contributed by atoms with Crippen molar-refractivity contribution in [2.75, 3.05) is 19.3 Å². The Kier molecular flexibility index (Phi) is 4.20. The maximum absolute atomic E-state index is 12.2. The lowest BCUT2D eigenvalue weighted by atomic mass is 9.95. The highest BCUT2D eigenvalue weighted by molar-refractivity contribution is 8.02. The van der Waals surface area contributed by atoms with Crippen molar-refractivity contribution in [1.82, 2.24) is 4.90 Å². The molecule has 1 amide bonds. The predicted molar refractivity (Wildman–Crippen MR) is 81.6 cm³/mol. The number of nitrogens with two attached hydrogens (primary N) is 1. The number of amides is 1. The second-order valence-corrected chi connectivity index (χ2v) is 6.39. The molecule has 6 heteroatoms. The molecule has 0 aromatic carbocycles. The first kappa shape index (κ1) is 14.4. The SMILES string of the molecule is CSC1(C(N)=S)CCN(C(=O)c2ccc(C)o2)CC1. The predicted octanol–water partition coefficient (Wildman–Crippen LogP) is 2.21. The molecular weight excluding hydrogens is 280 g/mol. The van der Waals surface area contributed by atoms with Crippen molar-refractivity contribution in [2.45, 2.75) is 24.5 Å². The summed E-state index contributed by atoms with van der Waals surface area (Å²) in [6.45, 7) is 3.16. The van der Waals surface area contributed by atoms with Crippen LogP contribution in [0.2, 0.25) is 0 Å². The fraction of sp³-hybridized carbons (Fsp3) is 0.538. The van der Waals surface area contributed by atoms with E-state index in [9.17, 15) is 4.79 Å². The minimum atomic E-state index is -0.162. The number of nitrogens with zero attached hydrogens (tertiary/aromatic N) is 1. The van der Waals surface area contributed by atoms with Gasteiger partial charge in [-0.15, -0.1) is 0 Å². The van der Waals surface area contributed by atoms with Crippen LogP contribution in [0.5, 0.6) is 0 Å². The van der Waals surface area contributed by atoms with Crippen LogP contribution in [0.3, 0.4) is 0 Å². The fourth-order valence-electron chi connectivity index (χ4n) is 2.33. The standard InChI is InChI=1S/C13H18N2O2S2/c1-9-3-4-10(17-9)11(16)15-7-5-13(19-2,6-8-15)12(14)18/h3-4H,5-8H2,1-2H3,(H2,14,18). The summed E-state index contributed by atoms with van der Waals surface area (Å²) < 4.78 is 5.22. The number of piperidine rings is 1. The van der Waals surface area contributed by atoms with Crippen molar-refractivity contribution >= 4 is 34.9 Å². The molecule has 104 valence electrons. The molecule has 0 atom stereocenters. The molecule has 1 aromatic rings. The average molecular weight is 298 g/mol. The van der Waals surface area contributed by atoms with Crippen LogP contribution in [0, 0.1) is 6.92 Å². The van der Waals surface area contributed by atoms with Crippen molar-refractivity contribution in [3.63, 3.8) is 0 Å². The average Bonchev–Trinajstić information content (AvgIpc) is 2.84. The van der Waals surface area contributed by atoms with Crippen LogP contribution in [0.25, 0.3) is 0 Å². The molecule has 2 N–H and O–H groups in total. The zero-order valence-corrected chi connectivity index (χ0v) is 12.8. The number of thiocarbonyl (C=S) groups is 1. The Balaban J connectivity index is 2.04. The van der Waals surface area contributed by atoms with E-state index >= 15 is 0 Å². The number of carbonyl (C=O) groups excluding carboxylic acids is 1. The number of thioether (sulfide) groups is 1. The van der Waals surface area contributed by atoms with Gasteiger partial charge >= 0.3 is 0 Å². The largest absolute Gasteiger partial charge is 0.456 e. The van der Waals surface area contributed by atoms with Gasteiger partial charge in [0.05, 0.1) is 9.74 Å². The number of rotatable bonds is 3. The van der Waals surface area contributed by atoms with Crippen LogP contribution in [0.15, 0.2) is 16.5 Å². The van der Waals surface area contributed by atoms with Gasteiger partial charge in [0, 0.05) is 13.1 Å². The Morgan fingerprint density at radius 2 is 2.11 bits per heavy atom. The van der Waals surface area contributed by atoms with Crippen LogP contribution in [0.1, 0.15) is 29.2 Å². The Bertz CT molecular complexity index is 491. The van der Waals surface area contributed by atoms with E-state index in [2.05, 4.69) is 0 Å². The normalized spacial score (nSPS) is 18.3. The van der Waals surface area contributed by atoms with Gasteiger partial charge in [-0.05, 0) is 38.2 Å². The van der Waals surface area contributed by atoms with Crippen LogP contribution in [-0.4, -0.2) is 39.9 Å². The molecule has 2 rings (SSSR count). The number of carbonyl (C=O) groups is 1. The van der Waals surface area contributed by atoms with Gasteiger partial charge in [-0.3, -0.25) is 4.79 Å². The third-order valence-corrected chi connectivity index (χ3v) is 5.58. The monoisotopic (exact) mass is 298 g/mol. The first-order chi connectivity index (χ1) is 8.98. The zero-order chi connectivity index (χ0) is 14.0. The Morgan fingerprint density at radius 1 is 1.47 bits per heavy atom. The highest BCUT2D eigenvalue weighted by atomic mass is 32.2. The number of hydrogen-bond acceptors (Lipinski definition) is 4. The first-order valence-corrected chi connectivity index (χ1v) is 7.82. The smallest absolute Gasteiger partial charge is 0.289 e. The first-order valence-electron chi connectivity index (χ1n) is 6.19. The number of likely N-dealkylation sites (tertiary alicyclic amines) is 1. The van der Waals surface area contributed by atoms with Crippen molar-refractivity contribution in [3.8, 4) is 0 Å². The summed E-state index contributed by atoms with van der Waals surface area (Å²) in [6, 6.07) is 3.53. The van der Waals surface area contributed by atoms with Gasteiger partial charge in [-0.2, -0.15) is 11.8 Å². The van der Waals surface area contributed by atoms with Crippen molar-refractivity contribution in [1.29, 1.82) is 0 Å². The molecule has 1 aliphatic rings. The van der Waals surface area contributed by atoms with E-state index in [4.69, 9.17) is 22.4 Å². The molecule has 1 aliphatic heterocycles. The Labute approximate surface area is 122 Å². The minimum Gasteiger partial charge on any atom is -0.456 e. The summed E-state index contributed by atoms with van der Waals surface area (Å²) in [6.07, 6.45) is 3.62. The maximum atomic E-state index is 12.2. The summed E-state index contributed by atoms with van der Waals surface area (Å²) in [4.78, 5) is 14.6. The second-order valence-electron chi connectivity index (χ2n) is 4.77. The van der Waals surface area contributed by atoms with Gasteiger partial charge in [0.1, 0.15) is 5.76 Å². The topological polar surface area (TPSA) is 59.5 Å². The third kappa shape index (κ3) is 2.79. The summed E-state index contributed by atoms with van der Waals surface area (Å²) in [7, 11) is 0. The maximum Gasteiger partial charge on any atom is 0.289 e. The molecule has 0 saturated carbocycles. The summed E-state index contributed by atoms with van der Waals surface area (Å²) in [5.41, 5.74) is 5.84. The lowest BCUT2D eigenvalue weighted by Gasteiger charge is -2.39. The molecule has 4 nitrogen and oxygen atoms in total. The molecule has 1 saturated heterocycles. The van der Waals surface area contributed by atoms with Crippen molar-refractivity contribution in [2.24, 2.45) is 5.73 Å². The van der Waals surface area contributed by atoms with Crippen LogP contribution >= 0.6 is 24.0 Å². The van der Waals surface area contributed by atoms with Crippen LogP contribution in [-0.2, 0) is 0 Å². The van der Waals surface area contributed by atoms with Gasteiger partial charge < -0.3 is 15.1 Å². The highest BCUT2D eigenvalue weighted by Crippen LogP contribution is 2.35. The van der Waals surface area contributed by atoms with Gasteiger partial charge in [-0.25, -0.2) is 0 Å². The lowest BCUT2D eigenvalue weighted by molar-refractivity contribution is 0.0685. The molecule has 0 radical (unpaired) electrons. The summed E-state index contributed by atoms with van der Waals surface area (Å²) in [5, 5.41) is 0. The molecule has 2 heterocycles. The van der Waals surface area contributed by atoms with E-state index in [1.54, 1.807) is 23.9 Å². The van der Waals surface area contributed by atoms with E-state index in [-0.39, 0.29) is 10.7 Å². The van der Waals surface area contributed by atoms with Crippen LogP contribution in [0.4, 0.5) is 0 Å². The summed E-state index contributed by atoms with van der Waals surface area (Å²) in [5.74, 6) is 1.11. The van der Waals surface area contributed by atoms with Gasteiger partial charge in [-0.1, -0.05) is 12.2 Å². The molecule has 1 fully saturated rings. The van der Waals surface area contributed by atoms with Gasteiger partial charge in [0.2, 0.25) is 0 Å². The van der Waals surface area contributed by atoms with E-state index in [0.29, 0.717) is 23.8 Å². The van der Waals surface area contributed by atoms with E-state index in [0.717, 1.165) is 18.6 Å². The lowest BCUT2D eigenvalue weighted by Crippen LogP contribution is -2.50. The molecule has 0 aliphatic carbocycles. The van der Waals surface area contributed by atoms with E-state index in [1.165, 1.54) is 0 Å². The third-order valence-electron chi connectivity index (χ3n) is 3.65. The van der Waals surface area contributed by atoms with Crippen molar-refractivity contribution in [3.05, 3.63) is 23.7 Å². The van der Waals surface area contributed by atoms with Gasteiger partial charge in [0.25, 0.3) is 5.91 Å². The van der Waals surface area contributed by atoms with E-state index in [1.807, 2.05) is 18.1 Å². The van der Waals surface area contributed by atoms with Gasteiger partial charge in [0.15, 0.2) is 5.76 Å². The number of aryl methyl sites for hydroxylation is 1. The van der Waals surface area contributed by atoms with E-state index < -0.39 is 0 Å². The number of furan rings is 1. The second kappa shape index (κ2) is 5.54.